The van der Waals surface area contributed by atoms with Crippen molar-refractivity contribution < 1.29 is 18.0 Å². The monoisotopic (exact) mass is 368 g/mol. The molecule has 5 nitrogen and oxygen atoms in total. The summed E-state index contributed by atoms with van der Waals surface area (Å²) in [5, 5.41) is 2.59. The molecule has 0 spiro atoms. The van der Waals surface area contributed by atoms with Gasteiger partial charge in [-0.2, -0.15) is 13.2 Å². The van der Waals surface area contributed by atoms with E-state index in [1.807, 2.05) is 0 Å². The van der Waals surface area contributed by atoms with Crippen LogP contribution in [0.25, 0.3) is 0 Å². The molecule has 1 N–H and O–H groups in total. The third-order valence-electron chi connectivity index (χ3n) is 3.88. The summed E-state index contributed by atoms with van der Waals surface area (Å²) >= 11 is 4.28. The first kappa shape index (κ1) is 17.5. The quantitative estimate of drug-likeness (QED) is 0.803. The molecule has 132 valence electrons. The van der Waals surface area contributed by atoms with Gasteiger partial charge in [-0.25, -0.2) is 9.97 Å². The number of anilines is 3. The number of hydrogen-bond acceptors (Lipinski definition) is 5. The molecule has 0 unspecified atom stereocenters. The van der Waals surface area contributed by atoms with Crippen molar-refractivity contribution in [3.05, 3.63) is 36.2 Å². The number of halogens is 3. The zero-order valence-electron chi connectivity index (χ0n) is 13.0. The first-order valence-electron chi connectivity index (χ1n) is 7.65. The minimum atomic E-state index is -4.58. The Kier molecular flexibility index (Phi) is 4.85. The third-order valence-corrected chi connectivity index (χ3v) is 4.33. The maximum atomic E-state index is 13.4. The molecule has 1 aromatic heterocycles. The highest BCUT2D eigenvalue weighted by Crippen LogP contribution is 2.43. The molecule has 9 heteroatoms. The summed E-state index contributed by atoms with van der Waals surface area (Å²) in [5.74, 6) is -0.103. The van der Waals surface area contributed by atoms with Gasteiger partial charge in [0, 0.05) is 25.4 Å². The number of carbonyl (C=O) groups is 1. The summed E-state index contributed by atoms with van der Waals surface area (Å²) < 4.78 is 40.2. The number of nitrogens with zero attached hydrogens (tertiary/aromatic N) is 3. The molecule has 1 aromatic carbocycles. The minimum absolute atomic E-state index is 0.0189. The zero-order chi connectivity index (χ0) is 18.0. The number of carbonyl (C=O) groups excluding carboxylic acids is 1. The minimum Gasteiger partial charge on any atom is -0.323 e. The Hall–Kier alpha value is -2.29. The lowest BCUT2D eigenvalue weighted by Gasteiger charge is -2.29. The molecule has 0 aliphatic carbocycles. The molecule has 1 aliphatic heterocycles. The van der Waals surface area contributed by atoms with Crippen LogP contribution in [0.5, 0.6) is 0 Å². The van der Waals surface area contributed by atoms with Crippen LogP contribution in [0.3, 0.4) is 0 Å². The fourth-order valence-electron chi connectivity index (χ4n) is 2.70. The number of hydrogen-bond donors (Lipinski definition) is 2. The highest BCUT2D eigenvalue weighted by Gasteiger charge is 2.36. The number of aromatic nitrogens is 2. The summed E-state index contributed by atoms with van der Waals surface area (Å²) in [6.45, 7) is 0.457. The van der Waals surface area contributed by atoms with Crippen LogP contribution >= 0.6 is 12.6 Å². The van der Waals surface area contributed by atoms with Crippen LogP contribution < -0.4 is 10.2 Å². The predicted molar refractivity (Wildman–Crippen MR) is 90.2 cm³/mol. The van der Waals surface area contributed by atoms with Crippen molar-refractivity contribution in [3.8, 4) is 0 Å². The van der Waals surface area contributed by atoms with Gasteiger partial charge in [0.25, 0.3) is 0 Å². The molecule has 2 aromatic rings. The van der Waals surface area contributed by atoms with Crippen LogP contribution in [0.4, 0.5) is 30.5 Å². The molecule has 0 saturated carbocycles. The Balaban J connectivity index is 2.08. The van der Waals surface area contributed by atoms with Gasteiger partial charge in [0.15, 0.2) is 0 Å². The Morgan fingerprint density at radius 3 is 2.52 bits per heavy atom. The number of nitrogens with one attached hydrogen (secondary N) is 1. The van der Waals surface area contributed by atoms with Gasteiger partial charge in [-0.3, -0.25) is 4.79 Å². The number of benzene rings is 1. The predicted octanol–water partition coefficient (Wildman–Crippen LogP) is 4.04. The molecule has 0 atom stereocenters. The molecule has 0 radical (unpaired) electrons. The van der Waals surface area contributed by atoms with Crippen LogP contribution in [0, 0.1) is 0 Å². The topological polar surface area (TPSA) is 58.1 Å². The van der Waals surface area contributed by atoms with Gasteiger partial charge in [-0.05, 0) is 31.0 Å². The van der Waals surface area contributed by atoms with Gasteiger partial charge in [0.2, 0.25) is 11.9 Å². The average molecular weight is 368 g/mol. The van der Waals surface area contributed by atoms with Crippen LogP contribution in [-0.4, -0.2) is 22.4 Å². The Bertz CT molecular complexity index is 783. The van der Waals surface area contributed by atoms with Gasteiger partial charge in [0.1, 0.15) is 0 Å². The van der Waals surface area contributed by atoms with Gasteiger partial charge in [-0.1, -0.05) is 0 Å². The molecule has 2 heterocycles. The van der Waals surface area contributed by atoms with Crippen LogP contribution in [-0.2, 0) is 11.0 Å². The summed E-state index contributed by atoms with van der Waals surface area (Å²) in [6, 6.07) is 3.79. The van der Waals surface area contributed by atoms with Crippen molar-refractivity contribution >= 4 is 35.9 Å². The summed E-state index contributed by atoms with van der Waals surface area (Å²) in [5.41, 5.74) is -0.810. The summed E-state index contributed by atoms with van der Waals surface area (Å²) in [4.78, 5) is 21.4. The number of piperidine rings is 1. The zero-order valence-corrected chi connectivity index (χ0v) is 13.9. The summed E-state index contributed by atoms with van der Waals surface area (Å²) in [7, 11) is 0. The van der Waals surface area contributed by atoms with Gasteiger partial charge >= 0.3 is 6.18 Å². The van der Waals surface area contributed by atoms with E-state index in [1.54, 1.807) is 6.07 Å². The lowest BCUT2D eigenvalue weighted by molar-refractivity contribution is -0.137. The summed E-state index contributed by atoms with van der Waals surface area (Å²) in [6.07, 6.45) is 0.195. The standard InChI is InChI=1S/C16H15F3N4OS/c17-16(18,19)10-5-6-11(23-9-2-1-4-12(23)24)14(25)13(10)22-15-20-7-3-8-21-15/h3,5-8,25H,1-2,4,9H2,(H,20,21,22). The molecule has 25 heavy (non-hydrogen) atoms. The van der Waals surface area contributed by atoms with Crippen molar-refractivity contribution in [2.75, 3.05) is 16.8 Å². The van der Waals surface area contributed by atoms with Gasteiger partial charge < -0.3 is 10.2 Å². The second-order valence-electron chi connectivity index (χ2n) is 5.55. The lowest BCUT2D eigenvalue weighted by atomic mass is 10.1. The van der Waals surface area contributed by atoms with Crippen molar-refractivity contribution in [3.63, 3.8) is 0 Å². The first-order valence-corrected chi connectivity index (χ1v) is 8.10. The molecule has 0 bridgehead atoms. The molecule has 3 rings (SSSR count). The van der Waals surface area contributed by atoms with Gasteiger partial charge in [-0.15, -0.1) is 12.6 Å². The van der Waals surface area contributed by atoms with Crippen molar-refractivity contribution in [1.82, 2.24) is 9.97 Å². The maximum absolute atomic E-state index is 13.4. The van der Waals surface area contributed by atoms with E-state index < -0.39 is 11.7 Å². The van der Waals surface area contributed by atoms with E-state index in [1.165, 1.54) is 23.4 Å². The number of alkyl halides is 3. The maximum Gasteiger partial charge on any atom is 0.418 e. The second-order valence-corrected chi connectivity index (χ2v) is 6.00. The Labute approximate surface area is 147 Å². The molecular formula is C16H15F3N4OS. The second kappa shape index (κ2) is 6.91. The average Bonchev–Trinajstić information content (AvgIpc) is 2.57. The van der Waals surface area contributed by atoms with Crippen LogP contribution in [0.2, 0.25) is 0 Å². The van der Waals surface area contributed by atoms with E-state index in [4.69, 9.17) is 0 Å². The number of amides is 1. The van der Waals surface area contributed by atoms with E-state index in [0.29, 0.717) is 18.7 Å². The van der Waals surface area contributed by atoms with Crippen LogP contribution in [0.1, 0.15) is 24.8 Å². The van der Waals surface area contributed by atoms with Crippen molar-refractivity contribution in [2.24, 2.45) is 0 Å². The third kappa shape index (κ3) is 3.71. The normalized spacial score (nSPS) is 15.4. The van der Waals surface area contributed by atoms with Gasteiger partial charge in [0.05, 0.1) is 21.8 Å². The highest BCUT2D eigenvalue weighted by molar-refractivity contribution is 7.80. The van der Waals surface area contributed by atoms with Crippen molar-refractivity contribution in [2.45, 2.75) is 30.3 Å². The Morgan fingerprint density at radius 1 is 1.16 bits per heavy atom. The first-order chi connectivity index (χ1) is 11.9. The van der Waals surface area contributed by atoms with E-state index in [9.17, 15) is 18.0 Å². The SMILES string of the molecule is O=C1CCCCN1c1ccc(C(F)(F)F)c(Nc2ncccn2)c1S. The molecule has 1 amide bonds. The Morgan fingerprint density at radius 2 is 1.88 bits per heavy atom. The fraction of sp³-hybridized carbons (Fsp3) is 0.312. The lowest BCUT2D eigenvalue weighted by Crippen LogP contribution is -2.35. The number of rotatable bonds is 3. The molecule has 1 saturated heterocycles. The smallest absolute Gasteiger partial charge is 0.323 e. The van der Waals surface area contributed by atoms with Crippen molar-refractivity contribution in [1.29, 1.82) is 0 Å². The molecule has 1 aliphatic rings. The van der Waals surface area contributed by atoms with E-state index in [0.717, 1.165) is 18.9 Å². The fourth-order valence-corrected chi connectivity index (χ4v) is 3.07. The molecular weight excluding hydrogens is 353 g/mol. The number of thiol groups is 1. The van der Waals surface area contributed by atoms with E-state index in [-0.39, 0.29) is 22.4 Å². The largest absolute Gasteiger partial charge is 0.418 e. The highest BCUT2D eigenvalue weighted by atomic mass is 32.1. The van der Waals surface area contributed by atoms with E-state index >= 15 is 0 Å². The molecule has 1 fully saturated rings. The van der Waals surface area contributed by atoms with E-state index in [2.05, 4.69) is 27.9 Å². The van der Waals surface area contributed by atoms with Crippen LogP contribution in [0.15, 0.2) is 35.5 Å².